The summed E-state index contributed by atoms with van der Waals surface area (Å²) < 4.78 is 36.5. The van der Waals surface area contributed by atoms with Crippen molar-refractivity contribution in [2.75, 3.05) is 11.9 Å². The van der Waals surface area contributed by atoms with Crippen LogP contribution in [0.5, 0.6) is 0 Å². The number of alkyl halides is 3. The molecule has 0 spiro atoms. The molecule has 5 nitrogen and oxygen atoms in total. The normalized spacial score (nSPS) is 13.2. The van der Waals surface area contributed by atoms with Gasteiger partial charge < -0.3 is 15.5 Å². The zero-order valence-electron chi connectivity index (χ0n) is 8.70. The molecule has 0 bridgehead atoms. The first-order valence-corrected chi connectivity index (χ1v) is 5.38. The molecule has 0 aliphatic rings. The van der Waals surface area contributed by atoms with E-state index in [1.54, 1.807) is 0 Å². The van der Waals surface area contributed by atoms with Crippen molar-refractivity contribution >= 4 is 27.7 Å². The monoisotopic (exact) mass is 328 g/mol. The Morgan fingerprint density at radius 1 is 1.56 bits per heavy atom. The number of aromatic nitrogens is 1. The third kappa shape index (κ3) is 3.84. The molecule has 18 heavy (non-hydrogen) atoms. The van der Waals surface area contributed by atoms with Gasteiger partial charge >= 0.3 is 12.1 Å². The summed E-state index contributed by atoms with van der Waals surface area (Å²) in [7, 11) is 0. The summed E-state index contributed by atoms with van der Waals surface area (Å²) in [5.41, 5.74) is -0.293. The molecule has 1 unspecified atom stereocenters. The Bertz CT molecular complexity index is 453. The smallest absolute Gasteiger partial charge is 0.416 e. The number of carbonyl (C=O) groups is 1. The van der Waals surface area contributed by atoms with Gasteiger partial charge in [-0.15, -0.1) is 0 Å². The average molecular weight is 329 g/mol. The maximum absolute atomic E-state index is 12.0. The summed E-state index contributed by atoms with van der Waals surface area (Å²) in [6.07, 6.45) is -6.13. The van der Waals surface area contributed by atoms with E-state index in [-0.39, 0.29) is 11.4 Å². The Balaban J connectivity index is 2.82. The van der Waals surface area contributed by atoms with Gasteiger partial charge in [0.15, 0.2) is 6.10 Å². The molecule has 0 saturated carbocycles. The van der Waals surface area contributed by atoms with Crippen molar-refractivity contribution < 1.29 is 28.2 Å². The van der Waals surface area contributed by atoms with E-state index in [0.29, 0.717) is 4.47 Å². The van der Waals surface area contributed by atoms with E-state index < -0.39 is 24.8 Å². The van der Waals surface area contributed by atoms with Crippen LogP contribution in [0.25, 0.3) is 0 Å². The van der Waals surface area contributed by atoms with Gasteiger partial charge in [-0.25, -0.2) is 9.78 Å². The highest BCUT2D eigenvalue weighted by Crippen LogP contribution is 2.22. The Labute approximate surface area is 108 Å². The Morgan fingerprint density at radius 3 is 2.67 bits per heavy atom. The van der Waals surface area contributed by atoms with Gasteiger partial charge in [-0.1, -0.05) is 0 Å². The number of hydrogen-bond donors (Lipinski definition) is 3. The van der Waals surface area contributed by atoms with E-state index in [1.807, 2.05) is 0 Å². The number of aliphatic hydroxyl groups is 1. The van der Waals surface area contributed by atoms with Gasteiger partial charge in [0, 0.05) is 10.7 Å². The zero-order chi connectivity index (χ0) is 13.9. The standard InChI is InChI=1S/C9H8BrF3N2O3/c10-4-1-5(8(17)18)7(14-2-4)15-3-6(16)9(11,12)13/h1-2,6,16H,3H2,(H,14,15)(H,17,18). The number of halogens is 4. The van der Waals surface area contributed by atoms with Crippen LogP contribution in [0.1, 0.15) is 10.4 Å². The number of anilines is 1. The molecule has 1 rings (SSSR count). The fraction of sp³-hybridized carbons (Fsp3) is 0.333. The molecule has 3 N–H and O–H groups in total. The van der Waals surface area contributed by atoms with Crippen LogP contribution in [0.3, 0.4) is 0 Å². The molecule has 0 saturated heterocycles. The largest absolute Gasteiger partial charge is 0.478 e. The van der Waals surface area contributed by atoms with Gasteiger partial charge in [0.1, 0.15) is 11.4 Å². The fourth-order valence-electron chi connectivity index (χ4n) is 1.05. The van der Waals surface area contributed by atoms with Gasteiger partial charge in [-0.3, -0.25) is 0 Å². The number of nitrogens with one attached hydrogen (secondary N) is 1. The van der Waals surface area contributed by atoms with Gasteiger partial charge in [-0.2, -0.15) is 13.2 Å². The SMILES string of the molecule is O=C(O)c1cc(Br)cnc1NCC(O)C(F)(F)F. The zero-order valence-corrected chi connectivity index (χ0v) is 10.3. The summed E-state index contributed by atoms with van der Waals surface area (Å²) in [6.45, 7) is -0.877. The van der Waals surface area contributed by atoms with Crippen molar-refractivity contribution in [2.45, 2.75) is 12.3 Å². The molecule has 9 heteroatoms. The summed E-state index contributed by atoms with van der Waals surface area (Å²) in [6, 6.07) is 1.19. The lowest BCUT2D eigenvalue weighted by Gasteiger charge is -2.16. The van der Waals surface area contributed by atoms with E-state index in [0.717, 1.165) is 0 Å². The maximum Gasteiger partial charge on any atom is 0.416 e. The van der Waals surface area contributed by atoms with Gasteiger partial charge in [0.25, 0.3) is 0 Å². The van der Waals surface area contributed by atoms with Crippen molar-refractivity contribution in [3.63, 3.8) is 0 Å². The quantitative estimate of drug-likeness (QED) is 0.786. The molecule has 1 aromatic heterocycles. The molecule has 0 radical (unpaired) electrons. The van der Waals surface area contributed by atoms with Gasteiger partial charge in [0.2, 0.25) is 0 Å². The number of carboxylic acids is 1. The second-order valence-corrected chi connectivity index (χ2v) is 4.21. The third-order valence-corrected chi connectivity index (χ3v) is 2.36. The molecule has 1 aromatic rings. The van der Waals surface area contributed by atoms with Crippen LogP contribution in [-0.2, 0) is 0 Å². The molecule has 0 amide bonds. The minimum atomic E-state index is -4.77. The Hall–Kier alpha value is -1.35. The highest BCUT2D eigenvalue weighted by Gasteiger charge is 2.38. The minimum absolute atomic E-state index is 0.242. The van der Waals surface area contributed by atoms with E-state index in [1.165, 1.54) is 12.3 Å². The predicted molar refractivity (Wildman–Crippen MR) is 59.4 cm³/mol. The van der Waals surface area contributed by atoms with Crippen molar-refractivity contribution in [2.24, 2.45) is 0 Å². The first kappa shape index (κ1) is 14.7. The second kappa shape index (κ2) is 5.53. The summed E-state index contributed by atoms with van der Waals surface area (Å²) in [5, 5.41) is 19.7. The summed E-state index contributed by atoms with van der Waals surface area (Å²) in [4.78, 5) is 14.5. The lowest BCUT2D eigenvalue weighted by molar-refractivity contribution is -0.198. The van der Waals surface area contributed by atoms with E-state index >= 15 is 0 Å². The van der Waals surface area contributed by atoms with E-state index in [9.17, 15) is 18.0 Å². The van der Waals surface area contributed by atoms with Crippen molar-refractivity contribution in [3.8, 4) is 0 Å². The maximum atomic E-state index is 12.0. The Morgan fingerprint density at radius 2 is 2.17 bits per heavy atom. The van der Waals surface area contributed by atoms with Crippen molar-refractivity contribution in [1.82, 2.24) is 4.98 Å². The highest BCUT2D eigenvalue weighted by molar-refractivity contribution is 9.10. The number of carboxylic acid groups (broad SMARTS) is 1. The second-order valence-electron chi connectivity index (χ2n) is 3.29. The number of aliphatic hydroxyl groups excluding tert-OH is 1. The molecule has 0 aliphatic carbocycles. The molecular weight excluding hydrogens is 321 g/mol. The van der Waals surface area contributed by atoms with Gasteiger partial charge in [-0.05, 0) is 22.0 Å². The fourth-order valence-corrected chi connectivity index (χ4v) is 1.38. The van der Waals surface area contributed by atoms with E-state index in [2.05, 4.69) is 26.2 Å². The first-order chi connectivity index (χ1) is 8.21. The molecule has 100 valence electrons. The number of rotatable bonds is 4. The summed E-state index contributed by atoms with van der Waals surface area (Å²) in [5.74, 6) is -1.58. The minimum Gasteiger partial charge on any atom is -0.478 e. The van der Waals surface area contributed by atoms with Crippen LogP contribution in [-0.4, -0.2) is 40.0 Å². The van der Waals surface area contributed by atoms with Crippen LogP contribution >= 0.6 is 15.9 Å². The van der Waals surface area contributed by atoms with Crippen molar-refractivity contribution in [1.29, 1.82) is 0 Å². The number of pyridine rings is 1. The Kier molecular flexibility index (Phi) is 4.52. The molecule has 0 fully saturated rings. The summed E-state index contributed by atoms with van der Waals surface area (Å²) >= 11 is 2.99. The number of aromatic carboxylic acids is 1. The molecule has 0 aromatic carbocycles. The lowest BCUT2D eigenvalue weighted by Crippen LogP contribution is -2.35. The molecule has 1 atom stereocenters. The average Bonchev–Trinajstić information content (AvgIpc) is 2.25. The molecular formula is C9H8BrF3N2O3. The topological polar surface area (TPSA) is 82.5 Å². The van der Waals surface area contributed by atoms with Crippen LogP contribution < -0.4 is 5.32 Å². The van der Waals surface area contributed by atoms with Crippen molar-refractivity contribution in [3.05, 3.63) is 22.3 Å². The van der Waals surface area contributed by atoms with Crippen LogP contribution in [0.4, 0.5) is 19.0 Å². The third-order valence-electron chi connectivity index (χ3n) is 1.93. The van der Waals surface area contributed by atoms with Gasteiger partial charge in [0.05, 0.1) is 6.54 Å². The number of hydrogen-bond acceptors (Lipinski definition) is 4. The number of nitrogens with zero attached hydrogens (tertiary/aromatic N) is 1. The first-order valence-electron chi connectivity index (χ1n) is 4.59. The molecule has 1 heterocycles. The van der Waals surface area contributed by atoms with E-state index in [4.69, 9.17) is 10.2 Å². The van der Waals surface area contributed by atoms with Crippen LogP contribution in [0.15, 0.2) is 16.7 Å². The van der Waals surface area contributed by atoms with Crippen LogP contribution in [0, 0.1) is 0 Å². The lowest BCUT2D eigenvalue weighted by atomic mass is 10.2. The van der Waals surface area contributed by atoms with Crippen LogP contribution in [0.2, 0.25) is 0 Å². The highest BCUT2D eigenvalue weighted by atomic mass is 79.9. The predicted octanol–water partition coefficient (Wildman–Crippen LogP) is 1.88. The molecule has 0 aliphatic heterocycles.